The summed E-state index contributed by atoms with van der Waals surface area (Å²) in [5.74, 6) is 0.0505. The van der Waals surface area contributed by atoms with Crippen LogP contribution in [0, 0.1) is 29.6 Å². The fraction of sp³-hybridized carbons (Fsp3) is 0.722. The maximum Gasteiger partial charge on any atom is 0.233 e. The molecule has 1 heterocycles. The van der Waals surface area contributed by atoms with E-state index >= 15 is 0 Å². The number of imide groups is 1. The fourth-order valence-electron chi connectivity index (χ4n) is 5.09. The zero-order valence-electron chi connectivity index (χ0n) is 13.8. The lowest BCUT2D eigenvalue weighted by Gasteiger charge is -2.26. The van der Waals surface area contributed by atoms with Gasteiger partial charge in [0.05, 0.1) is 11.8 Å². The zero-order valence-corrected chi connectivity index (χ0v) is 13.8. The number of fused-ring (bicyclic) bond motifs is 5. The normalized spacial score (nSPS) is 40.3. The summed E-state index contributed by atoms with van der Waals surface area (Å²) >= 11 is 0. The topological polar surface area (TPSA) is 92.5 Å². The van der Waals surface area contributed by atoms with Crippen molar-refractivity contribution < 1.29 is 14.4 Å². The maximum atomic E-state index is 12.5. The highest BCUT2D eigenvalue weighted by Gasteiger charge is 2.58. The number of nitrogens with two attached hydrogens (primary N) is 1. The van der Waals surface area contributed by atoms with Crippen LogP contribution in [0.15, 0.2) is 12.2 Å². The monoisotopic (exact) mass is 331 g/mol. The Morgan fingerprint density at radius 2 is 1.79 bits per heavy atom. The van der Waals surface area contributed by atoms with E-state index in [2.05, 4.69) is 17.5 Å². The van der Waals surface area contributed by atoms with Crippen LogP contribution in [0.3, 0.4) is 0 Å². The largest absolute Gasteiger partial charge is 0.354 e. The second kappa shape index (κ2) is 5.99. The van der Waals surface area contributed by atoms with Crippen molar-refractivity contribution in [3.05, 3.63) is 12.2 Å². The first kappa shape index (κ1) is 15.8. The Hall–Kier alpha value is -1.69. The van der Waals surface area contributed by atoms with Crippen LogP contribution in [0.4, 0.5) is 0 Å². The molecule has 6 nitrogen and oxygen atoms in total. The van der Waals surface area contributed by atoms with Crippen LogP contribution in [-0.4, -0.2) is 41.8 Å². The maximum absolute atomic E-state index is 12.5. The molecule has 6 heteroatoms. The van der Waals surface area contributed by atoms with Crippen molar-refractivity contribution in [1.82, 2.24) is 10.2 Å². The molecule has 6 atom stereocenters. The second-order valence-corrected chi connectivity index (χ2v) is 7.74. The minimum atomic E-state index is -0.153. The van der Waals surface area contributed by atoms with Gasteiger partial charge in [-0.15, -0.1) is 0 Å². The van der Waals surface area contributed by atoms with Gasteiger partial charge in [0, 0.05) is 25.0 Å². The average Bonchev–Trinajstić information content (AvgIpc) is 3.24. The van der Waals surface area contributed by atoms with Gasteiger partial charge in [-0.25, -0.2) is 0 Å². The third kappa shape index (κ3) is 2.48. The first-order chi connectivity index (χ1) is 11.6. The van der Waals surface area contributed by atoms with E-state index < -0.39 is 0 Å². The van der Waals surface area contributed by atoms with Crippen molar-refractivity contribution in [3.8, 4) is 0 Å². The van der Waals surface area contributed by atoms with E-state index in [0.29, 0.717) is 6.54 Å². The van der Waals surface area contributed by atoms with Crippen molar-refractivity contribution >= 4 is 17.7 Å². The summed E-state index contributed by atoms with van der Waals surface area (Å²) in [4.78, 5) is 38.7. The average molecular weight is 331 g/mol. The molecule has 3 aliphatic carbocycles. The number of hydrogen-bond donors (Lipinski definition) is 2. The molecule has 4 aliphatic rings. The van der Waals surface area contributed by atoms with Crippen LogP contribution in [0.5, 0.6) is 0 Å². The van der Waals surface area contributed by atoms with Gasteiger partial charge in [-0.05, 0) is 37.5 Å². The van der Waals surface area contributed by atoms with E-state index in [1.54, 1.807) is 0 Å². The summed E-state index contributed by atoms with van der Waals surface area (Å²) in [6.45, 7) is 0.624. The van der Waals surface area contributed by atoms with Gasteiger partial charge in [0.2, 0.25) is 17.7 Å². The molecule has 0 radical (unpaired) electrons. The molecule has 0 spiro atoms. The number of nitrogens with one attached hydrogen (secondary N) is 1. The van der Waals surface area contributed by atoms with Crippen LogP contribution < -0.4 is 11.1 Å². The number of amides is 3. The molecule has 1 saturated heterocycles. The Morgan fingerprint density at radius 3 is 2.42 bits per heavy atom. The molecular formula is C18H25N3O3. The van der Waals surface area contributed by atoms with Gasteiger partial charge in [0.15, 0.2) is 0 Å². The molecule has 4 rings (SSSR count). The fourth-order valence-corrected chi connectivity index (χ4v) is 5.09. The minimum absolute atomic E-state index is 0.00572. The number of allylic oxidation sites excluding steroid dienone is 2. The number of nitrogens with zero attached hydrogens (tertiary/aromatic N) is 1. The summed E-state index contributed by atoms with van der Waals surface area (Å²) in [6.07, 6.45) is 8.70. The van der Waals surface area contributed by atoms with E-state index in [0.717, 1.165) is 32.1 Å². The van der Waals surface area contributed by atoms with E-state index in [4.69, 9.17) is 5.73 Å². The van der Waals surface area contributed by atoms with Crippen molar-refractivity contribution in [2.45, 2.75) is 38.1 Å². The summed E-state index contributed by atoms with van der Waals surface area (Å²) in [6, 6.07) is 0.110. The van der Waals surface area contributed by atoms with Crippen molar-refractivity contribution in [3.63, 3.8) is 0 Å². The molecule has 3 N–H and O–H groups in total. The number of carbonyl (C=O) groups is 3. The summed E-state index contributed by atoms with van der Waals surface area (Å²) in [5.41, 5.74) is 5.93. The lowest BCUT2D eigenvalue weighted by molar-refractivity contribution is -0.141. The molecular weight excluding hydrogens is 306 g/mol. The van der Waals surface area contributed by atoms with Crippen LogP contribution >= 0.6 is 0 Å². The Balaban J connectivity index is 1.30. The molecule has 3 amide bonds. The van der Waals surface area contributed by atoms with Gasteiger partial charge < -0.3 is 11.1 Å². The molecule has 0 aromatic carbocycles. The Kier molecular flexibility index (Phi) is 3.95. The minimum Gasteiger partial charge on any atom is -0.354 e. The second-order valence-electron chi connectivity index (χ2n) is 7.74. The van der Waals surface area contributed by atoms with Crippen LogP contribution in [0.1, 0.15) is 32.1 Å². The standard InChI is InChI=1S/C18H25N3O3/c19-13-3-1-2-12(9-13)16(22)20-6-7-21-17(23)14-10-4-5-11(8-10)15(14)18(21)24/h4-5,10-15H,1-3,6-9,19H2,(H,20,22). The van der Waals surface area contributed by atoms with Gasteiger partial charge in [-0.2, -0.15) is 0 Å². The first-order valence-electron chi connectivity index (χ1n) is 9.13. The Bertz CT molecular complexity index is 572. The molecule has 130 valence electrons. The van der Waals surface area contributed by atoms with Gasteiger partial charge in [-0.3, -0.25) is 19.3 Å². The van der Waals surface area contributed by atoms with Crippen LogP contribution in [-0.2, 0) is 14.4 Å². The smallest absolute Gasteiger partial charge is 0.233 e. The number of likely N-dealkylation sites (tertiary alicyclic amines) is 1. The molecule has 3 fully saturated rings. The number of rotatable bonds is 4. The number of hydrogen-bond acceptors (Lipinski definition) is 4. The highest BCUT2D eigenvalue weighted by atomic mass is 16.2. The molecule has 24 heavy (non-hydrogen) atoms. The number of carbonyl (C=O) groups excluding carboxylic acids is 3. The molecule has 0 aromatic rings. The lowest BCUT2D eigenvalue weighted by Crippen LogP contribution is -2.43. The predicted octanol–water partition coefficient (Wildman–Crippen LogP) is 0.427. The van der Waals surface area contributed by atoms with Gasteiger partial charge in [-0.1, -0.05) is 18.6 Å². The highest BCUT2D eigenvalue weighted by Crippen LogP contribution is 2.52. The predicted molar refractivity (Wildman–Crippen MR) is 87.4 cm³/mol. The zero-order chi connectivity index (χ0) is 16.8. The lowest BCUT2D eigenvalue weighted by atomic mass is 9.85. The van der Waals surface area contributed by atoms with E-state index in [9.17, 15) is 14.4 Å². The third-order valence-corrected chi connectivity index (χ3v) is 6.28. The van der Waals surface area contributed by atoms with E-state index in [-0.39, 0.29) is 59.9 Å². The summed E-state index contributed by atoms with van der Waals surface area (Å²) in [7, 11) is 0. The van der Waals surface area contributed by atoms with E-state index in [1.165, 1.54) is 4.90 Å². The SMILES string of the molecule is NC1CCCC(C(=O)NCCN2C(=O)C3C4C=CC(C4)C3C2=O)C1. The van der Waals surface area contributed by atoms with Crippen molar-refractivity contribution in [2.75, 3.05) is 13.1 Å². The molecule has 0 aromatic heterocycles. The van der Waals surface area contributed by atoms with Gasteiger partial charge in [0.1, 0.15) is 0 Å². The molecule has 6 unspecified atom stereocenters. The first-order valence-corrected chi connectivity index (χ1v) is 9.13. The van der Waals surface area contributed by atoms with Gasteiger partial charge >= 0.3 is 0 Å². The van der Waals surface area contributed by atoms with Crippen LogP contribution in [0.25, 0.3) is 0 Å². The summed E-state index contributed by atoms with van der Waals surface area (Å²) < 4.78 is 0. The Labute approximate surface area is 141 Å². The van der Waals surface area contributed by atoms with Crippen LogP contribution in [0.2, 0.25) is 0 Å². The third-order valence-electron chi connectivity index (χ3n) is 6.28. The van der Waals surface area contributed by atoms with E-state index in [1.807, 2.05) is 0 Å². The van der Waals surface area contributed by atoms with Crippen molar-refractivity contribution in [2.24, 2.45) is 35.3 Å². The van der Waals surface area contributed by atoms with Gasteiger partial charge in [0.25, 0.3) is 0 Å². The Morgan fingerprint density at radius 1 is 1.12 bits per heavy atom. The van der Waals surface area contributed by atoms with Crippen molar-refractivity contribution in [1.29, 1.82) is 0 Å². The molecule has 1 aliphatic heterocycles. The molecule has 2 bridgehead atoms. The quantitative estimate of drug-likeness (QED) is 0.577. The molecule has 2 saturated carbocycles. The highest BCUT2D eigenvalue weighted by molar-refractivity contribution is 6.06. The summed E-state index contributed by atoms with van der Waals surface area (Å²) in [5, 5.41) is 2.89.